The lowest BCUT2D eigenvalue weighted by Crippen LogP contribution is -1.96. The second kappa shape index (κ2) is 3.95. The average Bonchev–Trinajstić information content (AvgIpc) is 2.16. The summed E-state index contributed by atoms with van der Waals surface area (Å²) in [7, 11) is 2.88. The summed E-state index contributed by atoms with van der Waals surface area (Å²) >= 11 is 0. The molecule has 0 spiro atoms. The van der Waals surface area contributed by atoms with E-state index >= 15 is 0 Å². The Bertz CT molecular complexity index is 362. The Morgan fingerprint density at radius 3 is 2.21 bits per heavy atom. The minimum atomic E-state index is -0.510. The average molecular weight is 196 g/mol. The highest BCUT2D eigenvalue weighted by molar-refractivity contribution is 5.55. The van der Waals surface area contributed by atoms with Crippen molar-refractivity contribution in [1.82, 2.24) is 0 Å². The summed E-state index contributed by atoms with van der Waals surface area (Å²) < 4.78 is 9.89. The molecule has 0 aliphatic rings. The van der Waals surface area contributed by atoms with Gasteiger partial charge in [0.15, 0.2) is 11.5 Å². The summed E-state index contributed by atoms with van der Waals surface area (Å²) in [6.07, 6.45) is 0. The van der Waals surface area contributed by atoms with E-state index in [2.05, 4.69) is 6.92 Å². The van der Waals surface area contributed by atoms with E-state index in [0.29, 0.717) is 17.1 Å². The topological polar surface area (TPSA) is 61.6 Å². The first-order valence-electron chi connectivity index (χ1n) is 3.82. The molecule has 0 saturated heterocycles. The number of methoxy groups -OCH3 is 2. The second-order valence-electron chi connectivity index (χ2n) is 2.59. The van der Waals surface area contributed by atoms with Gasteiger partial charge in [0.25, 0.3) is 5.69 Å². The Hall–Kier alpha value is -1.78. The third kappa shape index (κ3) is 1.76. The lowest BCUT2D eigenvalue weighted by molar-refractivity contribution is -0.385. The molecule has 1 aromatic rings. The molecule has 0 atom stereocenters. The van der Waals surface area contributed by atoms with E-state index in [1.807, 2.05) is 0 Å². The van der Waals surface area contributed by atoms with Gasteiger partial charge in [0.2, 0.25) is 0 Å². The first-order valence-corrected chi connectivity index (χ1v) is 3.82. The van der Waals surface area contributed by atoms with Crippen molar-refractivity contribution >= 4 is 5.69 Å². The molecule has 0 aliphatic carbocycles. The lowest BCUT2D eigenvalue weighted by Gasteiger charge is -2.07. The van der Waals surface area contributed by atoms with Crippen LogP contribution in [-0.2, 0) is 0 Å². The molecule has 75 valence electrons. The normalized spacial score (nSPS) is 9.64. The van der Waals surface area contributed by atoms with Crippen molar-refractivity contribution in [2.45, 2.75) is 0 Å². The van der Waals surface area contributed by atoms with Crippen LogP contribution in [0, 0.1) is 17.0 Å². The smallest absolute Gasteiger partial charge is 0.276 e. The fourth-order valence-electron chi connectivity index (χ4n) is 1.08. The van der Waals surface area contributed by atoms with Gasteiger partial charge in [0.1, 0.15) is 0 Å². The number of hydrogen-bond donors (Lipinski definition) is 0. The summed E-state index contributed by atoms with van der Waals surface area (Å²) in [6.45, 7) is 3.55. The number of nitro benzene ring substituents is 1. The minimum Gasteiger partial charge on any atom is -0.493 e. The molecule has 14 heavy (non-hydrogen) atoms. The molecule has 0 N–H and O–H groups in total. The predicted molar refractivity (Wildman–Crippen MR) is 50.7 cm³/mol. The number of benzene rings is 1. The van der Waals surface area contributed by atoms with Crippen molar-refractivity contribution in [3.8, 4) is 11.5 Å². The second-order valence-corrected chi connectivity index (χ2v) is 2.59. The maximum atomic E-state index is 10.6. The first-order chi connectivity index (χ1) is 6.60. The van der Waals surface area contributed by atoms with Gasteiger partial charge in [-0.1, -0.05) is 0 Å². The standard InChI is InChI=1S/C9H10NO4/c1-6-4-8(13-2)9(14-3)5-7(6)10(11)12/h4-5H,1H2,2-3H3. The van der Waals surface area contributed by atoms with E-state index in [1.165, 1.54) is 26.4 Å². The molecule has 0 heterocycles. The van der Waals surface area contributed by atoms with E-state index in [0.717, 1.165) is 0 Å². The summed E-state index contributed by atoms with van der Waals surface area (Å²) in [5.41, 5.74) is 0.218. The first kappa shape index (κ1) is 10.3. The largest absolute Gasteiger partial charge is 0.493 e. The summed E-state index contributed by atoms with van der Waals surface area (Å²) in [4.78, 5) is 10.0. The molecule has 0 amide bonds. The molecule has 0 bridgehead atoms. The van der Waals surface area contributed by atoms with Crippen LogP contribution in [0.3, 0.4) is 0 Å². The maximum Gasteiger partial charge on any atom is 0.276 e. The van der Waals surface area contributed by atoms with Crippen LogP contribution in [0.5, 0.6) is 11.5 Å². The molecule has 1 aromatic carbocycles. The Labute approximate surface area is 81.4 Å². The third-order valence-electron chi connectivity index (χ3n) is 1.78. The Balaban J connectivity index is 3.30. The van der Waals surface area contributed by atoms with Crippen LogP contribution in [-0.4, -0.2) is 19.1 Å². The van der Waals surface area contributed by atoms with Crippen LogP contribution in [0.15, 0.2) is 12.1 Å². The summed E-state index contributed by atoms with van der Waals surface area (Å²) in [6, 6.07) is 2.76. The van der Waals surface area contributed by atoms with E-state index in [1.54, 1.807) is 0 Å². The number of nitro groups is 1. The van der Waals surface area contributed by atoms with Crippen molar-refractivity contribution in [2.75, 3.05) is 14.2 Å². The van der Waals surface area contributed by atoms with Gasteiger partial charge in [0, 0.05) is 5.56 Å². The van der Waals surface area contributed by atoms with Gasteiger partial charge in [-0.05, 0) is 13.0 Å². The molecule has 0 unspecified atom stereocenters. The highest BCUT2D eigenvalue weighted by Crippen LogP contribution is 2.33. The van der Waals surface area contributed by atoms with Crippen LogP contribution in [0.2, 0.25) is 0 Å². The SMILES string of the molecule is [CH2]c1cc(OC)c(OC)cc1[N+](=O)[O-]. The van der Waals surface area contributed by atoms with Crippen LogP contribution in [0.4, 0.5) is 5.69 Å². The summed E-state index contributed by atoms with van der Waals surface area (Å²) in [5, 5.41) is 10.6. The van der Waals surface area contributed by atoms with Gasteiger partial charge in [-0.25, -0.2) is 0 Å². The third-order valence-corrected chi connectivity index (χ3v) is 1.78. The van der Waals surface area contributed by atoms with Gasteiger partial charge < -0.3 is 9.47 Å². The van der Waals surface area contributed by atoms with Crippen molar-refractivity contribution in [3.05, 3.63) is 34.7 Å². The minimum absolute atomic E-state index is 0.0809. The fourth-order valence-corrected chi connectivity index (χ4v) is 1.08. The van der Waals surface area contributed by atoms with Crippen molar-refractivity contribution in [2.24, 2.45) is 0 Å². The number of nitrogens with zero attached hydrogens (tertiary/aromatic N) is 1. The Morgan fingerprint density at radius 2 is 1.79 bits per heavy atom. The van der Waals surface area contributed by atoms with E-state index in [4.69, 9.17) is 9.47 Å². The number of hydrogen-bond acceptors (Lipinski definition) is 4. The molecule has 1 radical (unpaired) electrons. The molecule has 0 aromatic heterocycles. The predicted octanol–water partition coefficient (Wildman–Crippen LogP) is 1.79. The molecule has 0 aliphatic heterocycles. The number of ether oxygens (including phenoxy) is 2. The van der Waals surface area contributed by atoms with Gasteiger partial charge in [-0.3, -0.25) is 10.1 Å². The van der Waals surface area contributed by atoms with Crippen LogP contribution >= 0.6 is 0 Å². The molecular weight excluding hydrogens is 186 g/mol. The van der Waals surface area contributed by atoms with Crippen LogP contribution < -0.4 is 9.47 Å². The highest BCUT2D eigenvalue weighted by atomic mass is 16.6. The number of rotatable bonds is 3. The van der Waals surface area contributed by atoms with Crippen molar-refractivity contribution in [1.29, 1.82) is 0 Å². The van der Waals surface area contributed by atoms with Crippen LogP contribution in [0.1, 0.15) is 5.56 Å². The molecular formula is C9H10NO4. The zero-order valence-corrected chi connectivity index (χ0v) is 7.94. The molecule has 5 heteroatoms. The van der Waals surface area contributed by atoms with Crippen LogP contribution in [0.25, 0.3) is 0 Å². The summed E-state index contributed by atoms with van der Waals surface area (Å²) in [5.74, 6) is 0.759. The quantitative estimate of drug-likeness (QED) is 0.546. The van der Waals surface area contributed by atoms with E-state index in [9.17, 15) is 10.1 Å². The monoisotopic (exact) mass is 196 g/mol. The van der Waals surface area contributed by atoms with E-state index < -0.39 is 4.92 Å². The molecule has 5 nitrogen and oxygen atoms in total. The zero-order chi connectivity index (χ0) is 10.7. The van der Waals surface area contributed by atoms with Gasteiger partial charge in [0.05, 0.1) is 25.2 Å². The highest BCUT2D eigenvalue weighted by Gasteiger charge is 2.15. The van der Waals surface area contributed by atoms with E-state index in [-0.39, 0.29) is 5.69 Å². The molecule has 0 saturated carbocycles. The van der Waals surface area contributed by atoms with Crippen molar-refractivity contribution < 1.29 is 14.4 Å². The lowest BCUT2D eigenvalue weighted by atomic mass is 10.2. The zero-order valence-electron chi connectivity index (χ0n) is 7.94. The van der Waals surface area contributed by atoms with Crippen molar-refractivity contribution in [3.63, 3.8) is 0 Å². The van der Waals surface area contributed by atoms with Gasteiger partial charge in [-0.2, -0.15) is 0 Å². The fraction of sp³-hybridized carbons (Fsp3) is 0.222. The van der Waals surface area contributed by atoms with Gasteiger partial charge in [-0.15, -0.1) is 0 Å². The van der Waals surface area contributed by atoms with Gasteiger partial charge >= 0.3 is 0 Å². The molecule has 0 fully saturated rings. The molecule has 1 rings (SSSR count). The Kier molecular flexibility index (Phi) is 2.91. The Morgan fingerprint density at radius 1 is 1.29 bits per heavy atom. The maximum absolute atomic E-state index is 10.6.